The van der Waals surface area contributed by atoms with Crippen LogP contribution in [0, 0.1) is 16.0 Å². The molecular weight excluding hydrogens is 264 g/mol. The lowest BCUT2D eigenvalue weighted by atomic mass is 10.0. The van der Waals surface area contributed by atoms with Crippen molar-refractivity contribution in [3.63, 3.8) is 0 Å². The lowest BCUT2D eigenvalue weighted by Crippen LogP contribution is -2.30. The number of nitrogens with zero attached hydrogens (tertiary/aromatic N) is 1. The molecule has 0 aliphatic carbocycles. The van der Waals surface area contributed by atoms with Gasteiger partial charge >= 0.3 is 5.97 Å². The Morgan fingerprint density at radius 1 is 1.50 bits per heavy atom. The normalized spacial score (nSPS) is 12.2. The second-order valence-electron chi connectivity index (χ2n) is 4.74. The maximum atomic E-state index is 11.0. The van der Waals surface area contributed by atoms with E-state index in [9.17, 15) is 14.9 Å². The monoisotopic (exact) mass is 282 g/mol. The Kier molecular flexibility index (Phi) is 5.45. The number of nitrogens with one attached hydrogen (secondary N) is 1. The predicted molar refractivity (Wildman–Crippen MR) is 74.2 cm³/mol. The zero-order valence-electron chi connectivity index (χ0n) is 11.6. The van der Waals surface area contributed by atoms with Crippen LogP contribution in [0.5, 0.6) is 0 Å². The molecule has 1 unspecified atom stereocenters. The van der Waals surface area contributed by atoms with Crippen molar-refractivity contribution in [3.8, 4) is 0 Å². The van der Waals surface area contributed by atoms with Crippen LogP contribution in [0.25, 0.3) is 0 Å². The van der Waals surface area contributed by atoms with Crippen molar-refractivity contribution in [2.75, 3.05) is 19.0 Å². The van der Waals surface area contributed by atoms with E-state index in [4.69, 9.17) is 9.84 Å². The fraction of sp³-hybridized carbons (Fsp3) is 0.462. The molecule has 110 valence electrons. The Bertz CT molecular complexity index is 502. The summed E-state index contributed by atoms with van der Waals surface area (Å²) in [7, 11) is 1.54. The summed E-state index contributed by atoms with van der Waals surface area (Å²) in [4.78, 5) is 21.4. The maximum absolute atomic E-state index is 11.0. The first-order valence-corrected chi connectivity index (χ1v) is 6.14. The van der Waals surface area contributed by atoms with Gasteiger partial charge in [-0.05, 0) is 18.1 Å². The van der Waals surface area contributed by atoms with E-state index in [1.54, 1.807) is 7.11 Å². The number of methoxy groups -OCH3 is 1. The molecule has 1 aromatic carbocycles. The number of carbonyl (C=O) groups is 1. The molecule has 0 saturated carbocycles. The summed E-state index contributed by atoms with van der Waals surface area (Å²) in [5.74, 6) is -0.959. The molecular formula is C13H18N2O5. The Morgan fingerprint density at radius 2 is 2.15 bits per heavy atom. The van der Waals surface area contributed by atoms with E-state index in [-0.39, 0.29) is 28.9 Å². The number of hydrogen-bond acceptors (Lipinski definition) is 5. The number of anilines is 1. The molecule has 0 heterocycles. The standard InChI is InChI=1S/C13H18N2O5/c1-8(2)11(7-20-3)14-10-6-9(13(16)17)4-5-12(10)15(18)19/h4-6,8,11,14H,7H2,1-3H3,(H,16,17). The number of aromatic carboxylic acids is 1. The van der Waals surface area contributed by atoms with Crippen LogP contribution in [0.4, 0.5) is 11.4 Å². The van der Waals surface area contributed by atoms with Gasteiger partial charge in [0.2, 0.25) is 0 Å². The van der Waals surface area contributed by atoms with E-state index in [1.165, 1.54) is 18.2 Å². The summed E-state index contributed by atoms with van der Waals surface area (Å²) in [5, 5.41) is 23.0. The topological polar surface area (TPSA) is 102 Å². The fourth-order valence-corrected chi connectivity index (χ4v) is 1.72. The molecule has 0 aliphatic rings. The number of rotatable bonds is 7. The molecule has 0 amide bonds. The van der Waals surface area contributed by atoms with E-state index in [2.05, 4.69) is 5.32 Å². The van der Waals surface area contributed by atoms with E-state index in [0.29, 0.717) is 6.61 Å². The first-order valence-electron chi connectivity index (χ1n) is 6.14. The summed E-state index contributed by atoms with van der Waals surface area (Å²) in [6.45, 7) is 4.26. The summed E-state index contributed by atoms with van der Waals surface area (Å²) in [6, 6.07) is 3.52. The van der Waals surface area contributed by atoms with E-state index >= 15 is 0 Å². The lowest BCUT2D eigenvalue weighted by Gasteiger charge is -2.22. The van der Waals surface area contributed by atoms with Gasteiger partial charge in [-0.1, -0.05) is 13.8 Å². The van der Waals surface area contributed by atoms with Crippen LogP contribution >= 0.6 is 0 Å². The van der Waals surface area contributed by atoms with Crippen LogP contribution in [0.2, 0.25) is 0 Å². The highest BCUT2D eigenvalue weighted by Crippen LogP contribution is 2.27. The number of ether oxygens (including phenoxy) is 1. The molecule has 0 spiro atoms. The molecule has 0 aliphatic heterocycles. The first-order chi connectivity index (χ1) is 9.36. The molecule has 0 saturated heterocycles. The number of carboxylic acids is 1. The Balaban J connectivity index is 3.14. The summed E-state index contributed by atoms with van der Waals surface area (Å²) in [6.07, 6.45) is 0. The van der Waals surface area contributed by atoms with Gasteiger partial charge in [-0.15, -0.1) is 0 Å². The van der Waals surface area contributed by atoms with Crippen molar-refractivity contribution >= 4 is 17.3 Å². The summed E-state index contributed by atoms with van der Waals surface area (Å²) >= 11 is 0. The number of nitro benzene ring substituents is 1. The number of benzene rings is 1. The molecule has 1 rings (SSSR count). The quantitative estimate of drug-likeness (QED) is 0.588. The van der Waals surface area contributed by atoms with Crippen LogP contribution in [-0.4, -0.2) is 35.8 Å². The minimum absolute atomic E-state index is 0.00183. The Labute approximate surface area is 116 Å². The average molecular weight is 282 g/mol. The molecule has 0 radical (unpaired) electrons. The van der Waals surface area contributed by atoms with Crippen molar-refractivity contribution in [1.29, 1.82) is 0 Å². The van der Waals surface area contributed by atoms with E-state index < -0.39 is 10.9 Å². The smallest absolute Gasteiger partial charge is 0.335 e. The molecule has 2 N–H and O–H groups in total. The van der Waals surface area contributed by atoms with Gasteiger partial charge in [0.1, 0.15) is 5.69 Å². The maximum Gasteiger partial charge on any atom is 0.335 e. The van der Waals surface area contributed by atoms with Crippen molar-refractivity contribution < 1.29 is 19.6 Å². The lowest BCUT2D eigenvalue weighted by molar-refractivity contribution is -0.384. The Morgan fingerprint density at radius 3 is 2.60 bits per heavy atom. The molecule has 1 atom stereocenters. The first kappa shape index (κ1) is 15.9. The average Bonchev–Trinajstić information content (AvgIpc) is 2.37. The zero-order chi connectivity index (χ0) is 15.3. The number of nitro groups is 1. The number of carboxylic acid groups (broad SMARTS) is 1. The summed E-state index contributed by atoms with van der Waals surface area (Å²) < 4.78 is 5.07. The van der Waals surface area contributed by atoms with Gasteiger partial charge < -0.3 is 15.2 Å². The van der Waals surface area contributed by atoms with Gasteiger partial charge in [0.05, 0.1) is 23.1 Å². The van der Waals surface area contributed by atoms with Crippen LogP contribution in [0.3, 0.4) is 0 Å². The van der Waals surface area contributed by atoms with E-state index in [1.807, 2.05) is 13.8 Å². The molecule has 0 bridgehead atoms. The summed E-state index contributed by atoms with van der Waals surface area (Å²) in [5.41, 5.74) is 0.0282. The van der Waals surface area contributed by atoms with Crippen LogP contribution in [0.15, 0.2) is 18.2 Å². The highest BCUT2D eigenvalue weighted by atomic mass is 16.6. The van der Waals surface area contributed by atoms with Gasteiger partial charge in [-0.25, -0.2) is 4.79 Å². The van der Waals surface area contributed by atoms with Crippen LogP contribution < -0.4 is 5.32 Å². The Hall–Kier alpha value is -2.15. The molecule has 7 heteroatoms. The third kappa shape index (κ3) is 3.92. The predicted octanol–water partition coefficient (Wildman–Crippen LogP) is 2.38. The minimum Gasteiger partial charge on any atom is -0.478 e. The SMILES string of the molecule is COCC(Nc1cc(C(=O)O)ccc1[N+](=O)[O-])C(C)C. The van der Waals surface area contributed by atoms with E-state index in [0.717, 1.165) is 0 Å². The third-order valence-electron chi connectivity index (χ3n) is 2.93. The van der Waals surface area contributed by atoms with Crippen molar-refractivity contribution in [1.82, 2.24) is 0 Å². The van der Waals surface area contributed by atoms with Gasteiger partial charge in [-0.2, -0.15) is 0 Å². The minimum atomic E-state index is -1.13. The number of hydrogen-bond donors (Lipinski definition) is 2. The third-order valence-corrected chi connectivity index (χ3v) is 2.93. The van der Waals surface area contributed by atoms with Gasteiger partial charge in [0.15, 0.2) is 0 Å². The van der Waals surface area contributed by atoms with Crippen molar-refractivity contribution in [2.45, 2.75) is 19.9 Å². The fourth-order valence-electron chi connectivity index (χ4n) is 1.72. The molecule has 1 aromatic rings. The highest BCUT2D eigenvalue weighted by Gasteiger charge is 2.21. The molecule has 0 aromatic heterocycles. The second kappa shape index (κ2) is 6.85. The van der Waals surface area contributed by atoms with Crippen LogP contribution in [-0.2, 0) is 4.74 Å². The van der Waals surface area contributed by atoms with Gasteiger partial charge in [-0.3, -0.25) is 10.1 Å². The van der Waals surface area contributed by atoms with Crippen molar-refractivity contribution in [3.05, 3.63) is 33.9 Å². The second-order valence-corrected chi connectivity index (χ2v) is 4.74. The van der Waals surface area contributed by atoms with Gasteiger partial charge in [0.25, 0.3) is 5.69 Å². The zero-order valence-corrected chi connectivity index (χ0v) is 11.6. The molecule has 7 nitrogen and oxygen atoms in total. The molecule has 20 heavy (non-hydrogen) atoms. The van der Waals surface area contributed by atoms with Crippen LogP contribution in [0.1, 0.15) is 24.2 Å². The largest absolute Gasteiger partial charge is 0.478 e. The van der Waals surface area contributed by atoms with Crippen molar-refractivity contribution in [2.24, 2.45) is 5.92 Å². The highest BCUT2D eigenvalue weighted by molar-refractivity contribution is 5.90. The van der Waals surface area contributed by atoms with Gasteiger partial charge in [0, 0.05) is 13.2 Å². The molecule has 0 fully saturated rings.